The first kappa shape index (κ1) is 22.3. The molecule has 4 rings (SSSR count). The molecule has 1 saturated heterocycles. The molecule has 0 atom stereocenters. The van der Waals surface area contributed by atoms with E-state index in [9.17, 15) is 19.2 Å². The Morgan fingerprint density at radius 2 is 1.55 bits per heavy atom. The number of rotatable bonds is 4. The molecule has 1 aliphatic heterocycles. The van der Waals surface area contributed by atoms with Crippen molar-refractivity contribution in [1.82, 2.24) is 14.5 Å². The van der Waals surface area contributed by atoms with Crippen molar-refractivity contribution < 1.29 is 9.59 Å². The molecule has 1 aliphatic rings. The van der Waals surface area contributed by atoms with Gasteiger partial charge in [-0.1, -0.05) is 12.8 Å². The molecule has 172 valence electrons. The highest BCUT2D eigenvalue weighted by molar-refractivity contribution is 6.06. The summed E-state index contributed by atoms with van der Waals surface area (Å²) in [5, 5.41) is 5.71. The summed E-state index contributed by atoms with van der Waals surface area (Å²) in [6, 6.07) is 11.6. The van der Waals surface area contributed by atoms with Gasteiger partial charge in [0.05, 0.1) is 11.0 Å². The van der Waals surface area contributed by atoms with Crippen molar-refractivity contribution in [2.24, 2.45) is 0 Å². The van der Waals surface area contributed by atoms with Crippen LogP contribution in [0.5, 0.6) is 0 Å². The van der Waals surface area contributed by atoms with E-state index in [-0.39, 0.29) is 11.9 Å². The first-order valence-electron chi connectivity index (χ1n) is 11.2. The maximum Gasteiger partial charge on any atom is 0.321 e. The zero-order valence-corrected chi connectivity index (χ0v) is 18.5. The number of carbonyl (C=O) groups excluding carboxylic acids is 2. The Kier molecular flexibility index (Phi) is 6.58. The first-order valence-corrected chi connectivity index (χ1v) is 11.2. The predicted molar refractivity (Wildman–Crippen MR) is 128 cm³/mol. The van der Waals surface area contributed by atoms with Crippen LogP contribution in [0.2, 0.25) is 0 Å². The van der Waals surface area contributed by atoms with E-state index in [1.807, 2.05) is 4.90 Å². The minimum atomic E-state index is -0.722. The fraction of sp³-hybridized carbons (Fsp3) is 0.333. The third kappa shape index (κ3) is 4.97. The fourth-order valence-corrected chi connectivity index (χ4v) is 4.05. The molecule has 2 aromatic carbocycles. The molecule has 0 aliphatic carbocycles. The number of urea groups is 1. The largest absolute Gasteiger partial charge is 0.325 e. The van der Waals surface area contributed by atoms with Crippen LogP contribution >= 0.6 is 0 Å². The van der Waals surface area contributed by atoms with Gasteiger partial charge in [-0.05, 0) is 62.2 Å². The third-order valence-electron chi connectivity index (χ3n) is 5.84. The van der Waals surface area contributed by atoms with Gasteiger partial charge >= 0.3 is 17.1 Å². The van der Waals surface area contributed by atoms with Gasteiger partial charge in [-0.25, -0.2) is 4.79 Å². The molecule has 9 nitrogen and oxygen atoms in total. The number of benzene rings is 2. The van der Waals surface area contributed by atoms with Gasteiger partial charge in [0.15, 0.2) is 0 Å². The summed E-state index contributed by atoms with van der Waals surface area (Å²) >= 11 is 0. The van der Waals surface area contributed by atoms with E-state index in [0.717, 1.165) is 38.8 Å². The molecule has 33 heavy (non-hydrogen) atoms. The Morgan fingerprint density at radius 3 is 2.18 bits per heavy atom. The minimum Gasteiger partial charge on any atom is -0.325 e. The maximum atomic E-state index is 12.7. The summed E-state index contributed by atoms with van der Waals surface area (Å²) in [6.45, 7) is 3.67. The Morgan fingerprint density at radius 1 is 0.909 bits per heavy atom. The third-order valence-corrected chi connectivity index (χ3v) is 5.84. The highest BCUT2D eigenvalue weighted by atomic mass is 16.2. The van der Waals surface area contributed by atoms with Crippen molar-refractivity contribution in [2.75, 3.05) is 23.7 Å². The number of likely N-dealkylation sites (tertiary alicyclic amines) is 1. The number of nitrogens with zero attached hydrogens (tertiary/aromatic N) is 2. The number of fused-ring (bicyclic) bond motifs is 1. The van der Waals surface area contributed by atoms with Crippen LogP contribution in [0, 0.1) is 0 Å². The topological polar surface area (TPSA) is 116 Å². The zero-order chi connectivity index (χ0) is 23.4. The number of nitrogens with one attached hydrogen (secondary N) is 3. The summed E-state index contributed by atoms with van der Waals surface area (Å²) in [5.74, 6) is -0.353. The zero-order valence-electron chi connectivity index (χ0n) is 18.5. The minimum absolute atomic E-state index is 0.107. The normalized spacial score (nSPS) is 14.0. The number of aromatic nitrogens is 2. The molecule has 1 aromatic heterocycles. The molecule has 3 N–H and O–H groups in total. The van der Waals surface area contributed by atoms with Gasteiger partial charge in [0.2, 0.25) is 0 Å². The molecule has 0 unspecified atom stereocenters. The van der Waals surface area contributed by atoms with E-state index in [4.69, 9.17) is 0 Å². The van der Waals surface area contributed by atoms with Crippen LogP contribution in [0.3, 0.4) is 0 Å². The lowest BCUT2D eigenvalue weighted by atomic mass is 10.1. The number of hydrogen-bond donors (Lipinski definition) is 3. The number of carbonyl (C=O) groups is 2. The number of aromatic amines is 1. The first-order chi connectivity index (χ1) is 16.0. The van der Waals surface area contributed by atoms with E-state index < -0.39 is 11.1 Å². The second-order valence-electron chi connectivity index (χ2n) is 8.10. The summed E-state index contributed by atoms with van der Waals surface area (Å²) < 4.78 is 1.37. The molecule has 1 fully saturated rings. The number of aryl methyl sites for hydroxylation is 1. The Hall–Kier alpha value is -3.88. The molecule has 0 saturated carbocycles. The molecule has 0 bridgehead atoms. The molecule has 0 spiro atoms. The molecular formula is C24H27N5O4. The Labute approximate surface area is 190 Å². The second kappa shape index (κ2) is 9.72. The fourth-order valence-electron chi connectivity index (χ4n) is 4.05. The number of H-pyrrole nitrogens is 1. The van der Waals surface area contributed by atoms with E-state index in [2.05, 4.69) is 15.6 Å². The summed E-state index contributed by atoms with van der Waals surface area (Å²) in [5.41, 5.74) is 1.20. The number of anilines is 2. The van der Waals surface area contributed by atoms with E-state index in [1.54, 1.807) is 49.4 Å². The lowest BCUT2D eigenvalue weighted by molar-refractivity contribution is 0.102. The highest BCUT2D eigenvalue weighted by Gasteiger charge is 2.16. The SMILES string of the molecule is CCn1c(=O)c(=O)[nH]c2cc(C(=O)Nc3ccc(NC(=O)N4CCCCCC4)cc3)ccc21. The van der Waals surface area contributed by atoms with Crippen LogP contribution in [0.15, 0.2) is 52.1 Å². The lowest BCUT2D eigenvalue weighted by Crippen LogP contribution is -2.36. The highest BCUT2D eigenvalue weighted by Crippen LogP contribution is 2.18. The molecule has 3 amide bonds. The molecular weight excluding hydrogens is 422 g/mol. The van der Waals surface area contributed by atoms with Crippen LogP contribution in [-0.4, -0.2) is 39.5 Å². The predicted octanol–water partition coefficient (Wildman–Crippen LogP) is 3.37. The van der Waals surface area contributed by atoms with Crippen LogP contribution in [0.1, 0.15) is 43.0 Å². The Bertz CT molecular complexity index is 1280. The standard InChI is InChI=1S/C24H27N5O4/c1-2-29-20-12-7-16(15-19(20)27-22(31)23(29)32)21(30)25-17-8-10-18(11-9-17)26-24(33)28-13-5-3-4-6-14-28/h7-12,15H,2-6,13-14H2,1H3,(H,25,30)(H,26,33)(H,27,31). The van der Waals surface area contributed by atoms with Crippen molar-refractivity contribution >= 4 is 34.3 Å². The average Bonchev–Trinajstić information content (AvgIpc) is 3.11. The number of amides is 3. The van der Waals surface area contributed by atoms with Crippen LogP contribution in [-0.2, 0) is 6.54 Å². The lowest BCUT2D eigenvalue weighted by Gasteiger charge is -2.20. The second-order valence-corrected chi connectivity index (χ2v) is 8.10. The molecule has 2 heterocycles. The van der Waals surface area contributed by atoms with Gasteiger partial charge in [0.25, 0.3) is 5.91 Å². The summed E-state index contributed by atoms with van der Waals surface area (Å²) in [4.78, 5) is 53.4. The van der Waals surface area contributed by atoms with Crippen LogP contribution in [0.25, 0.3) is 11.0 Å². The number of hydrogen-bond acceptors (Lipinski definition) is 4. The summed E-state index contributed by atoms with van der Waals surface area (Å²) in [7, 11) is 0. The molecule has 3 aromatic rings. The molecule has 9 heteroatoms. The Balaban J connectivity index is 1.44. The quantitative estimate of drug-likeness (QED) is 0.530. The van der Waals surface area contributed by atoms with E-state index in [0.29, 0.717) is 34.5 Å². The van der Waals surface area contributed by atoms with E-state index >= 15 is 0 Å². The van der Waals surface area contributed by atoms with Gasteiger partial charge in [0.1, 0.15) is 0 Å². The van der Waals surface area contributed by atoms with Gasteiger partial charge in [-0.3, -0.25) is 14.4 Å². The smallest absolute Gasteiger partial charge is 0.321 e. The van der Waals surface area contributed by atoms with Crippen molar-refractivity contribution in [1.29, 1.82) is 0 Å². The van der Waals surface area contributed by atoms with Gasteiger partial charge < -0.3 is 25.1 Å². The van der Waals surface area contributed by atoms with Crippen molar-refractivity contribution in [3.8, 4) is 0 Å². The van der Waals surface area contributed by atoms with Gasteiger partial charge in [-0.2, -0.15) is 0 Å². The average molecular weight is 450 g/mol. The molecule has 0 radical (unpaired) electrons. The van der Waals surface area contributed by atoms with Crippen LogP contribution in [0.4, 0.5) is 16.2 Å². The van der Waals surface area contributed by atoms with E-state index in [1.165, 1.54) is 4.57 Å². The summed E-state index contributed by atoms with van der Waals surface area (Å²) in [6.07, 6.45) is 4.36. The van der Waals surface area contributed by atoms with Crippen molar-refractivity contribution in [2.45, 2.75) is 39.2 Å². The van der Waals surface area contributed by atoms with Crippen LogP contribution < -0.4 is 21.8 Å². The van der Waals surface area contributed by atoms with Gasteiger partial charge in [0, 0.05) is 36.6 Å². The monoisotopic (exact) mass is 449 g/mol. The maximum absolute atomic E-state index is 12.7. The van der Waals surface area contributed by atoms with Crippen molar-refractivity contribution in [3.63, 3.8) is 0 Å². The van der Waals surface area contributed by atoms with Gasteiger partial charge in [-0.15, -0.1) is 0 Å². The van der Waals surface area contributed by atoms with Crippen molar-refractivity contribution in [3.05, 3.63) is 68.7 Å².